The second-order valence-electron chi connectivity index (χ2n) is 13.6. The lowest BCUT2D eigenvalue weighted by molar-refractivity contribution is -0.127. The predicted molar refractivity (Wildman–Crippen MR) is 253 cm³/mol. The van der Waals surface area contributed by atoms with Crippen LogP contribution in [-0.4, -0.2) is 47.3 Å². The number of azo groups is 2. The van der Waals surface area contributed by atoms with Gasteiger partial charge in [-0.2, -0.15) is 20.5 Å². The van der Waals surface area contributed by atoms with Crippen LogP contribution in [0.3, 0.4) is 0 Å². The molecule has 2 atom stereocenters. The summed E-state index contributed by atoms with van der Waals surface area (Å²) in [5.41, 5.74) is 1.92. The Labute approximate surface area is 405 Å². The average Bonchev–Trinajstić information content (AvgIpc) is 3.22. The quantitative estimate of drug-likeness (QED) is 0.0484. The Morgan fingerprint density at radius 1 is 0.453 bits per heavy atom. The maximum absolute atomic E-state index is 13.4. The monoisotopic (exact) mass is 1020 g/mol. The minimum atomic E-state index is -1.63. The summed E-state index contributed by atoms with van der Waals surface area (Å²) in [6.45, 7) is 5.58. The second kappa shape index (κ2) is 21.7. The number of ketones is 2. The van der Waals surface area contributed by atoms with Gasteiger partial charge in [0.2, 0.25) is 12.1 Å². The minimum absolute atomic E-state index is 0.0232. The smallest absolute Gasteiger partial charge is 0.258 e. The molecule has 2 unspecified atom stereocenters. The number of anilines is 4. The molecule has 5 rings (SSSR count). The summed E-state index contributed by atoms with van der Waals surface area (Å²) in [5.74, 6) is -4.25. The molecule has 64 heavy (non-hydrogen) atoms. The lowest BCUT2D eigenvalue weighted by Crippen LogP contribution is -2.33. The van der Waals surface area contributed by atoms with Crippen LogP contribution >= 0.6 is 92.8 Å². The number of rotatable bonds is 14. The Balaban J connectivity index is 1.27. The molecule has 330 valence electrons. The molecule has 4 N–H and O–H groups in total. The summed E-state index contributed by atoms with van der Waals surface area (Å²) < 4.78 is 0. The molecule has 0 saturated heterocycles. The van der Waals surface area contributed by atoms with Crippen molar-refractivity contribution in [3.63, 3.8) is 0 Å². The topological polar surface area (TPSA) is 200 Å². The van der Waals surface area contributed by atoms with Gasteiger partial charge in [0.05, 0.1) is 41.5 Å². The van der Waals surface area contributed by atoms with E-state index in [1.165, 1.54) is 72.8 Å². The molecule has 22 heteroatoms. The Hall–Kier alpha value is -5.16. The third-order valence-corrected chi connectivity index (χ3v) is 11.7. The second-order valence-corrected chi connectivity index (χ2v) is 16.8. The fraction of sp³-hybridized carbons (Fsp3) is 0.143. The molecular weight excluding hydrogens is 996 g/mol. The molecule has 5 aromatic carbocycles. The molecule has 0 saturated carbocycles. The van der Waals surface area contributed by atoms with Crippen LogP contribution in [0.15, 0.2) is 93.3 Å². The van der Waals surface area contributed by atoms with Gasteiger partial charge in [0.25, 0.3) is 23.6 Å². The number of nitrogens with one attached hydrogen (secondary N) is 4. The van der Waals surface area contributed by atoms with E-state index in [0.29, 0.717) is 11.1 Å². The number of carbonyl (C=O) groups excluding carboxylic acids is 6. The number of amides is 4. The zero-order valence-corrected chi connectivity index (χ0v) is 39.4. The average molecular weight is 1030 g/mol. The fourth-order valence-electron chi connectivity index (χ4n) is 5.51. The van der Waals surface area contributed by atoms with E-state index in [4.69, 9.17) is 92.8 Å². The van der Waals surface area contributed by atoms with Crippen molar-refractivity contribution >= 4 is 162 Å². The highest BCUT2D eigenvalue weighted by Gasteiger charge is 2.27. The highest BCUT2D eigenvalue weighted by molar-refractivity contribution is 6.46. The van der Waals surface area contributed by atoms with Crippen LogP contribution in [-0.2, 0) is 19.2 Å². The minimum Gasteiger partial charge on any atom is -0.324 e. The van der Waals surface area contributed by atoms with Gasteiger partial charge in [0.15, 0.2) is 11.6 Å². The Bertz CT molecular complexity index is 2630. The first-order valence-corrected chi connectivity index (χ1v) is 21.2. The van der Waals surface area contributed by atoms with Gasteiger partial charge < -0.3 is 21.3 Å². The standard InChI is InChI=1S/C42H30Cl8N8O6/c1-17-18(2)30(52-42(64)38(20(4)60)58-56-32-12-22(6-8-26(32)46)40(62)54-34-16-24(44)14-28(48)36(34)50)10-9-29(17)51-41(63)37(19(3)59)57-55-31-11-21(5-7-25(31)45)39(61)53-33-15-23(43)13-27(47)35(33)49/h5-16,37-38H,1-4H3,(H,51,63)(H,52,64)(H,53,61)(H,54,62). The molecule has 0 aliphatic rings. The van der Waals surface area contributed by atoms with Crippen molar-refractivity contribution in [2.75, 3.05) is 21.3 Å². The van der Waals surface area contributed by atoms with Crippen LogP contribution in [0.4, 0.5) is 34.1 Å². The Morgan fingerprint density at radius 3 is 1.16 bits per heavy atom. The summed E-state index contributed by atoms with van der Waals surface area (Å²) in [6, 6.07) is 13.5. The van der Waals surface area contributed by atoms with Gasteiger partial charge in [-0.15, -0.1) is 0 Å². The van der Waals surface area contributed by atoms with Gasteiger partial charge in [0.1, 0.15) is 11.4 Å². The van der Waals surface area contributed by atoms with Gasteiger partial charge in [0, 0.05) is 32.5 Å². The van der Waals surface area contributed by atoms with Crippen LogP contribution < -0.4 is 21.3 Å². The van der Waals surface area contributed by atoms with Crippen molar-refractivity contribution in [3.05, 3.63) is 135 Å². The third-order valence-electron chi connectivity index (χ3n) is 9.03. The molecule has 0 heterocycles. The van der Waals surface area contributed by atoms with Crippen LogP contribution in [0.5, 0.6) is 0 Å². The summed E-state index contributed by atoms with van der Waals surface area (Å²) in [6.07, 6.45) is 0. The molecule has 5 aromatic rings. The van der Waals surface area contributed by atoms with Crippen molar-refractivity contribution < 1.29 is 28.8 Å². The van der Waals surface area contributed by atoms with Gasteiger partial charge in [-0.1, -0.05) is 92.8 Å². The molecule has 0 fully saturated rings. The van der Waals surface area contributed by atoms with Gasteiger partial charge >= 0.3 is 0 Å². The lowest BCUT2D eigenvalue weighted by Gasteiger charge is -2.17. The molecule has 14 nitrogen and oxygen atoms in total. The first-order chi connectivity index (χ1) is 30.1. The number of hydrogen-bond acceptors (Lipinski definition) is 10. The molecule has 4 amide bonds. The molecule has 0 aromatic heterocycles. The Kier molecular flexibility index (Phi) is 16.9. The zero-order valence-electron chi connectivity index (χ0n) is 33.3. The van der Waals surface area contributed by atoms with Crippen molar-refractivity contribution in [2.24, 2.45) is 20.5 Å². The molecule has 0 aliphatic heterocycles. The largest absolute Gasteiger partial charge is 0.324 e. The van der Waals surface area contributed by atoms with Crippen molar-refractivity contribution in [3.8, 4) is 0 Å². The molecule has 0 bridgehead atoms. The number of carbonyl (C=O) groups is 6. The van der Waals surface area contributed by atoms with E-state index in [1.807, 2.05) is 0 Å². The molecule has 0 aliphatic carbocycles. The molecule has 0 spiro atoms. The third kappa shape index (κ3) is 12.3. The van der Waals surface area contributed by atoms with Crippen LogP contribution in [0.1, 0.15) is 45.7 Å². The van der Waals surface area contributed by atoms with Crippen LogP contribution in [0.2, 0.25) is 40.2 Å². The van der Waals surface area contributed by atoms with Gasteiger partial charge in [-0.05, 0) is 112 Å². The van der Waals surface area contributed by atoms with E-state index in [9.17, 15) is 28.8 Å². The maximum Gasteiger partial charge on any atom is 0.258 e. The first kappa shape index (κ1) is 49.8. The van der Waals surface area contributed by atoms with Gasteiger partial charge in [-0.3, -0.25) is 28.8 Å². The lowest BCUT2D eigenvalue weighted by atomic mass is 10.0. The predicted octanol–water partition coefficient (Wildman–Crippen LogP) is 13.4. The summed E-state index contributed by atoms with van der Waals surface area (Å²) >= 11 is 49.3. The summed E-state index contributed by atoms with van der Waals surface area (Å²) in [4.78, 5) is 78.2. The van der Waals surface area contributed by atoms with E-state index in [2.05, 4.69) is 41.7 Å². The van der Waals surface area contributed by atoms with Crippen molar-refractivity contribution in [1.82, 2.24) is 0 Å². The normalized spacial score (nSPS) is 12.2. The molecular formula is C42H30Cl8N8O6. The van der Waals surface area contributed by atoms with E-state index in [0.717, 1.165) is 13.8 Å². The molecule has 0 radical (unpaired) electrons. The maximum atomic E-state index is 13.4. The Morgan fingerprint density at radius 2 is 0.812 bits per heavy atom. The van der Waals surface area contributed by atoms with Crippen molar-refractivity contribution in [1.29, 1.82) is 0 Å². The van der Waals surface area contributed by atoms with E-state index in [1.54, 1.807) is 13.8 Å². The van der Waals surface area contributed by atoms with Crippen molar-refractivity contribution in [2.45, 2.75) is 39.8 Å². The fourth-order valence-corrected chi connectivity index (χ4v) is 7.12. The summed E-state index contributed by atoms with van der Waals surface area (Å²) in [5, 5.41) is 27.4. The van der Waals surface area contributed by atoms with E-state index in [-0.39, 0.29) is 85.4 Å². The SMILES string of the molecule is CC(=O)C(N=Nc1cc(C(=O)Nc2cc(Cl)cc(Cl)c2Cl)ccc1Cl)C(=O)Nc1ccc(NC(=O)C(N=Nc2cc(C(=O)Nc3cc(Cl)cc(Cl)c3Cl)ccc2Cl)C(C)=O)c(C)c1C. The van der Waals surface area contributed by atoms with Crippen LogP contribution in [0, 0.1) is 13.8 Å². The number of nitrogens with zero attached hydrogens (tertiary/aromatic N) is 4. The number of Topliss-reactive ketones (excluding diaryl/α,β-unsaturated/α-hetero) is 2. The number of benzene rings is 5. The highest BCUT2D eigenvalue weighted by atomic mass is 35.5. The summed E-state index contributed by atoms with van der Waals surface area (Å²) in [7, 11) is 0. The van der Waals surface area contributed by atoms with Crippen LogP contribution in [0.25, 0.3) is 0 Å². The first-order valence-electron chi connectivity index (χ1n) is 18.2. The highest BCUT2D eigenvalue weighted by Crippen LogP contribution is 2.36. The van der Waals surface area contributed by atoms with Gasteiger partial charge in [-0.25, -0.2) is 0 Å². The number of halogens is 8. The zero-order chi connectivity index (χ0) is 47.2. The number of hydrogen-bond donors (Lipinski definition) is 4. The van der Waals surface area contributed by atoms with E-state index < -0.39 is 47.3 Å². The van der Waals surface area contributed by atoms with E-state index >= 15 is 0 Å².